The molecule has 5 nitrogen and oxygen atoms in total. The summed E-state index contributed by atoms with van der Waals surface area (Å²) in [6.45, 7) is 2.97. The summed E-state index contributed by atoms with van der Waals surface area (Å²) in [6, 6.07) is -0.541. The van der Waals surface area contributed by atoms with Gasteiger partial charge in [0.1, 0.15) is 0 Å². The highest BCUT2D eigenvalue weighted by molar-refractivity contribution is 7.91. The zero-order valence-corrected chi connectivity index (χ0v) is 9.63. The Labute approximate surface area is 89.2 Å². The van der Waals surface area contributed by atoms with Crippen LogP contribution < -0.4 is 5.32 Å². The van der Waals surface area contributed by atoms with Gasteiger partial charge in [0.05, 0.1) is 23.5 Å². The smallest absolute Gasteiger partial charge is 0.224 e. The van der Waals surface area contributed by atoms with Gasteiger partial charge >= 0.3 is 0 Å². The van der Waals surface area contributed by atoms with Gasteiger partial charge < -0.3 is 5.32 Å². The van der Waals surface area contributed by atoms with Gasteiger partial charge in [0.15, 0.2) is 15.6 Å². The minimum absolute atomic E-state index is 0.0690. The largest absolute Gasteiger partial charge is 0.346 e. The molecule has 0 aromatic carbocycles. The molecule has 1 saturated heterocycles. The Kier molecular flexibility index (Phi) is 3.49. The van der Waals surface area contributed by atoms with Crippen molar-refractivity contribution < 1.29 is 18.0 Å². The van der Waals surface area contributed by atoms with Crippen LogP contribution in [0.25, 0.3) is 0 Å². The number of nitrogens with one attached hydrogen (secondary N) is 1. The molecule has 2 unspecified atom stereocenters. The molecule has 6 heteroatoms. The van der Waals surface area contributed by atoms with Crippen LogP contribution in [0, 0.1) is 5.92 Å². The van der Waals surface area contributed by atoms with Crippen molar-refractivity contribution in [3.8, 4) is 0 Å². The third-order valence-corrected chi connectivity index (χ3v) is 4.34. The highest BCUT2D eigenvalue weighted by Crippen LogP contribution is 2.18. The molecule has 0 saturated carbocycles. The molecule has 15 heavy (non-hydrogen) atoms. The zero-order chi connectivity index (χ0) is 11.6. The molecule has 0 aromatic rings. The Hall–Kier alpha value is -0.910. The Bertz CT molecular complexity index is 374. The molecule has 0 aromatic heterocycles. The van der Waals surface area contributed by atoms with Crippen molar-refractivity contribution in [2.45, 2.75) is 26.3 Å². The van der Waals surface area contributed by atoms with E-state index in [1.807, 2.05) is 0 Å². The number of hydrogen-bond donors (Lipinski definition) is 1. The fourth-order valence-electron chi connectivity index (χ4n) is 1.43. The number of carbonyl (C=O) groups excluding carboxylic acids is 2. The molecule has 1 aliphatic rings. The molecule has 2 atom stereocenters. The summed E-state index contributed by atoms with van der Waals surface area (Å²) in [5.41, 5.74) is 0. The van der Waals surface area contributed by atoms with E-state index in [1.165, 1.54) is 6.92 Å². The first kappa shape index (κ1) is 12.2. The first-order valence-corrected chi connectivity index (χ1v) is 6.65. The average Bonchev–Trinajstić information content (AvgIpc) is 2.45. The average molecular weight is 233 g/mol. The standard InChI is InChI=1S/C9H15NO4S/c1-6(7(2)11)10-9(12)8-3-4-15(13,14)5-8/h6,8H,3-5H2,1-2H3,(H,10,12). The van der Waals surface area contributed by atoms with Gasteiger partial charge in [-0.2, -0.15) is 0 Å². The second-order valence-electron chi connectivity index (χ2n) is 3.94. The molecular weight excluding hydrogens is 218 g/mol. The van der Waals surface area contributed by atoms with E-state index in [1.54, 1.807) is 6.92 Å². The fraction of sp³-hybridized carbons (Fsp3) is 0.778. The van der Waals surface area contributed by atoms with Gasteiger partial charge in [-0.3, -0.25) is 9.59 Å². The van der Waals surface area contributed by atoms with E-state index in [-0.39, 0.29) is 23.2 Å². The van der Waals surface area contributed by atoms with Crippen molar-refractivity contribution in [2.24, 2.45) is 5.92 Å². The number of sulfone groups is 1. The predicted molar refractivity (Wildman–Crippen MR) is 55.0 cm³/mol. The van der Waals surface area contributed by atoms with Crippen molar-refractivity contribution in [2.75, 3.05) is 11.5 Å². The minimum Gasteiger partial charge on any atom is -0.346 e. The van der Waals surface area contributed by atoms with Crippen molar-refractivity contribution >= 4 is 21.5 Å². The second kappa shape index (κ2) is 4.30. The summed E-state index contributed by atoms with van der Waals surface area (Å²) < 4.78 is 22.2. The first-order chi connectivity index (χ1) is 6.82. The van der Waals surface area contributed by atoms with Crippen molar-refractivity contribution in [3.63, 3.8) is 0 Å². The van der Waals surface area contributed by atoms with Crippen LogP contribution in [-0.4, -0.2) is 37.7 Å². The number of ketones is 1. The summed E-state index contributed by atoms with van der Waals surface area (Å²) in [4.78, 5) is 22.4. The van der Waals surface area contributed by atoms with Crippen molar-refractivity contribution in [3.05, 3.63) is 0 Å². The molecule has 0 bridgehead atoms. The molecule has 0 spiro atoms. The number of rotatable bonds is 3. The van der Waals surface area contributed by atoms with Crippen LogP contribution in [-0.2, 0) is 19.4 Å². The Morgan fingerprint density at radius 2 is 2.00 bits per heavy atom. The van der Waals surface area contributed by atoms with Crippen LogP contribution >= 0.6 is 0 Å². The molecule has 1 aliphatic heterocycles. The Morgan fingerprint density at radius 1 is 1.40 bits per heavy atom. The highest BCUT2D eigenvalue weighted by Gasteiger charge is 2.33. The lowest BCUT2D eigenvalue weighted by atomic mass is 10.1. The van der Waals surface area contributed by atoms with Crippen LogP contribution in [0.2, 0.25) is 0 Å². The summed E-state index contributed by atoms with van der Waals surface area (Å²) in [5.74, 6) is -0.983. The van der Waals surface area contributed by atoms with Gasteiger partial charge in [0.2, 0.25) is 5.91 Å². The number of hydrogen-bond acceptors (Lipinski definition) is 4. The summed E-state index contributed by atoms with van der Waals surface area (Å²) in [7, 11) is -3.04. The maximum Gasteiger partial charge on any atom is 0.224 e. The molecule has 1 amide bonds. The van der Waals surface area contributed by atoms with Crippen LogP contribution in [0.5, 0.6) is 0 Å². The van der Waals surface area contributed by atoms with Gasteiger partial charge in [-0.15, -0.1) is 0 Å². The quantitative estimate of drug-likeness (QED) is 0.713. The predicted octanol–water partition coefficient (Wildman–Crippen LogP) is -0.485. The van der Waals surface area contributed by atoms with Gasteiger partial charge in [-0.05, 0) is 20.3 Å². The van der Waals surface area contributed by atoms with E-state index in [0.717, 1.165) is 0 Å². The Balaban J connectivity index is 2.53. The van der Waals surface area contributed by atoms with Gasteiger partial charge in [-0.25, -0.2) is 8.42 Å². The van der Waals surface area contributed by atoms with Crippen LogP contribution in [0.3, 0.4) is 0 Å². The second-order valence-corrected chi connectivity index (χ2v) is 6.17. The molecule has 86 valence electrons. The monoisotopic (exact) mass is 233 g/mol. The molecular formula is C9H15NO4S. The van der Waals surface area contributed by atoms with Crippen molar-refractivity contribution in [1.82, 2.24) is 5.32 Å². The summed E-state index contributed by atoms with van der Waals surface area (Å²) >= 11 is 0. The summed E-state index contributed by atoms with van der Waals surface area (Å²) in [6.07, 6.45) is 0.360. The summed E-state index contributed by atoms with van der Waals surface area (Å²) in [5, 5.41) is 2.51. The minimum atomic E-state index is -3.04. The first-order valence-electron chi connectivity index (χ1n) is 4.83. The van der Waals surface area contributed by atoms with E-state index >= 15 is 0 Å². The van der Waals surface area contributed by atoms with Crippen LogP contribution in [0.15, 0.2) is 0 Å². The SMILES string of the molecule is CC(=O)C(C)NC(=O)C1CCS(=O)(=O)C1. The maximum absolute atomic E-state index is 11.5. The van der Waals surface area contributed by atoms with E-state index < -0.39 is 21.8 Å². The van der Waals surface area contributed by atoms with Gasteiger partial charge in [0.25, 0.3) is 0 Å². The molecule has 1 rings (SSSR count). The van der Waals surface area contributed by atoms with E-state index in [0.29, 0.717) is 6.42 Å². The highest BCUT2D eigenvalue weighted by atomic mass is 32.2. The lowest BCUT2D eigenvalue weighted by Gasteiger charge is -2.13. The number of amides is 1. The molecule has 0 radical (unpaired) electrons. The van der Waals surface area contributed by atoms with E-state index in [2.05, 4.69) is 5.32 Å². The molecule has 1 N–H and O–H groups in total. The number of carbonyl (C=O) groups is 2. The zero-order valence-electron chi connectivity index (χ0n) is 8.82. The maximum atomic E-state index is 11.5. The number of Topliss-reactive ketones (excluding diaryl/α,β-unsaturated/α-hetero) is 1. The van der Waals surface area contributed by atoms with E-state index in [9.17, 15) is 18.0 Å². The fourth-order valence-corrected chi connectivity index (χ4v) is 3.18. The lowest BCUT2D eigenvalue weighted by molar-refractivity contribution is -0.128. The van der Waals surface area contributed by atoms with E-state index in [4.69, 9.17) is 0 Å². The topological polar surface area (TPSA) is 80.3 Å². The van der Waals surface area contributed by atoms with Gasteiger partial charge in [0, 0.05) is 0 Å². The van der Waals surface area contributed by atoms with Crippen LogP contribution in [0.4, 0.5) is 0 Å². The third-order valence-electron chi connectivity index (χ3n) is 2.57. The molecule has 1 heterocycles. The lowest BCUT2D eigenvalue weighted by Crippen LogP contribution is -2.41. The van der Waals surface area contributed by atoms with Crippen molar-refractivity contribution in [1.29, 1.82) is 0 Å². The molecule has 1 fully saturated rings. The normalized spacial score (nSPS) is 25.9. The molecule has 0 aliphatic carbocycles. The van der Waals surface area contributed by atoms with Crippen LogP contribution in [0.1, 0.15) is 20.3 Å². The Morgan fingerprint density at radius 3 is 2.40 bits per heavy atom. The third kappa shape index (κ3) is 3.30. The van der Waals surface area contributed by atoms with Gasteiger partial charge in [-0.1, -0.05) is 0 Å².